The van der Waals surface area contributed by atoms with E-state index in [4.69, 9.17) is 0 Å². The molecule has 0 saturated heterocycles. The van der Waals surface area contributed by atoms with Crippen molar-refractivity contribution in [3.8, 4) is 0 Å². The molecule has 0 aromatic heterocycles. The molecule has 0 amide bonds. The van der Waals surface area contributed by atoms with E-state index in [0.717, 1.165) is 29.6 Å². The summed E-state index contributed by atoms with van der Waals surface area (Å²) in [6, 6.07) is 0. The molecule has 1 unspecified atom stereocenters. The zero-order valence-corrected chi connectivity index (χ0v) is 23.4. The summed E-state index contributed by atoms with van der Waals surface area (Å²) in [5, 5.41) is 0. The van der Waals surface area contributed by atoms with E-state index in [1.165, 1.54) is 148 Å². The van der Waals surface area contributed by atoms with Crippen LogP contribution in [-0.2, 0) is 0 Å². The van der Waals surface area contributed by atoms with Crippen LogP contribution in [-0.4, -0.2) is 0 Å². The lowest BCUT2D eigenvalue weighted by Gasteiger charge is -2.35. The fourth-order valence-corrected chi connectivity index (χ4v) is 7.42. The summed E-state index contributed by atoms with van der Waals surface area (Å²) < 4.78 is 0. The van der Waals surface area contributed by atoms with Crippen LogP contribution in [0.15, 0.2) is 23.8 Å². The molecule has 0 aliphatic heterocycles. The van der Waals surface area contributed by atoms with Gasteiger partial charge in [-0.15, -0.1) is 0 Å². The molecule has 0 heteroatoms. The van der Waals surface area contributed by atoms with E-state index in [0.29, 0.717) is 0 Å². The van der Waals surface area contributed by atoms with Gasteiger partial charge in [-0.1, -0.05) is 135 Å². The lowest BCUT2D eigenvalue weighted by Crippen LogP contribution is -2.22. The fraction of sp³-hybridized carbons (Fsp3) is 0.882. The van der Waals surface area contributed by atoms with Crippen LogP contribution in [0.4, 0.5) is 0 Å². The van der Waals surface area contributed by atoms with Gasteiger partial charge in [0.1, 0.15) is 0 Å². The normalized spacial score (nSPS) is 29.8. The number of hydrogen-bond donors (Lipinski definition) is 0. The van der Waals surface area contributed by atoms with Gasteiger partial charge in [0, 0.05) is 0 Å². The molecule has 1 atom stereocenters. The zero-order chi connectivity index (χ0) is 23.8. The first-order chi connectivity index (χ1) is 16.8. The Hall–Kier alpha value is -0.520. The van der Waals surface area contributed by atoms with Gasteiger partial charge in [-0.2, -0.15) is 0 Å². The summed E-state index contributed by atoms with van der Waals surface area (Å²) in [7, 11) is 0. The monoisotopic (exact) mass is 468 g/mol. The van der Waals surface area contributed by atoms with Gasteiger partial charge in [0.25, 0.3) is 0 Å². The van der Waals surface area contributed by atoms with Crippen LogP contribution in [0.25, 0.3) is 0 Å². The number of hydrogen-bond acceptors (Lipinski definition) is 0. The van der Waals surface area contributed by atoms with Crippen LogP contribution in [0.2, 0.25) is 0 Å². The van der Waals surface area contributed by atoms with Gasteiger partial charge >= 0.3 is 0 Å². The molecule has 0 radical (unpaired) electrons. The highest BCUT2D eigenvalue weighted by molar-refractivity contribution is 5.27. The SMILES string of the molecule is CCCCCCCCC1CCC(C2=CCC(C3CCC(CCCCCCCC)CC3)C=C2)CC1. The third-order valence-electron chi connectivity index (χ3n) is 9.91. The van der Waals surface area contributed by atoms with Crippen LogP contribution >= 0.6 is 0 Å². The minimum atomic E-state index is 0.850. The Morgan fingerprint density at radius 3 is 1.59 bits per heavy atom. The Balaban J connectivity index is 1.25. The van der Waals surface area contributed by atoms with E-state index in [1.807, 2.05) is 0 Å². The summed E-state index contributed by atoms with van der Waals surface area (Å²) >= 11 is 0. The standard InChI is InChI=1S/C34H60/c1-3-5-7-9-11-13-15-29-17-21-31(22-18-29)33-25-27-34(28-26-33)32-23-19-30(20-24-32)16-14-12-10-8-6-4-2/h25-27,29-32,34H,3-24,28H2,1-2H3. The molecule has 0 aromatic rings. The molecule has 0 aromatic carbocycles. The molecule has 0 N–H and O–H groups in total. The number of allylic oxidation sites excluding steroid dienone is 4. The molecule has 3 aliphatic carbocycles. The Labute approximate surface area is 214 Å². The molecule has 0 nitrogen and oxygen atoms in total. The van der Waals surface area contributed by atoms with E-state index in [9.17, 15) is 0 Å². The van der Waals surface area contributed by atoms with Gasteiger partial charge < -0.3 is 0 Å². The first-order valence-corrected chi connectivity index (χ1v) is 16.2. The van der Waals surface area contributed by atoms with Crippen molar-refractivity contribution in [3.63, 3.8) is 0 Å². The van der Waals surface area contributed by atoms with Crippen molar-refractivity contribution in [1.82, 2.24) is 0 Å². The average molecular weight is 469 g/mol. The largest absolute Gasteiger partial charge is 0.0806 e. The maximum Gasteiger partial charge on any atom is -0.0165 e. The van der Waals surface area contributed by atoms with Gasteiger partial charge in [-0.05, 0) is 80.1 Å². The molecular weight excluding hydrogens is 408 g/mol. The second-order valence-corrected chi connectivity index (χ2v) is 12.6. The molecule has 2 saturated carbocycles. The third kappa shape index (κ3) is 10.2. The first kappa shape index (κ1) is 28.1. The lowest BCUT2D eigenvalue weighted by atomic mass is 9.71. The Morgan fingerprint density at radius 1 is 0.588 bits per heavy atom. The number of rotatable bonds is 16. The van der Waals surface area contributed by atoms with E-state index in [1.54, 1.807) is 5.57 Å². The summed E-state index contributed by atoms with van der Waals surface area (Å²) in [6.45, 7) is 4.64. The highest BCUT2D eigenvalue weighted by atomic mass is 14.3. The molecule has 34 heavy (non-hydrogen) atoms. The van der Waals surface area contributed by atoms with Crippen LogP contribution in [0.5, 0.6) is 0 Å². The zero-order valence-electron chi connectivity index (χ0n) is 23.4. The van der Waals surface area contributed by atoms with Gasteiger partial charge in [0.15, 0.2) is 0 Å². The van der Waals surface area contributed by atoms with Crippen molar-refractivity contribution in [2.45, 2.75) is 162 Å². The maximum absolute atomic E-state index is 2.67. The van der Waals surface area contributed by atoms with Gasteiger partial charge in [0.2, 0.25) is 0 Å². The average Bonchev–Trinajstić information content (AvgIpc) is 2.89. The van der Waals surface area contributed by atoms with Crippen molar-refractivity contribution in [2.24, 2.45) is 29.6 Å². The van der Waals surface area contributed by atoms with Crippen LogP contribution < -0.4 is 0 Å². The molecule has 0 spiro atoms. The smallest absolute Gasteiger partial charge is 0.0165 e. The van der Waals surface area contributed by atoms with Crippen molar-refractivity contribution in [3.05, 3.63) is 23.8 Å². The Morgan fingerprint density at radius 2 is 1.09 bits per heavy atom. The summed E-state index contributed by atoms with van der Waals surface area (Å²) in [5.41, 5.74) is 1.71. The summed E-state index contributed by atoms with van der Waals surface area (Å²) in [4.78, 5) is 0. The van der Waals surface area contributed by atoms with E-state index < -0.39 is 0 Å². The van der Waals surface area contributed by atoms with Crippen molar-refractivity contribution in [2.75, 3.05) is 0 Å². The van der Waals surface area contributed by atoms with Gasteiger partial charge in [-0.3, -0.25) is 0 Å². The highest BCUT2D eigenvalue weighted by Gasteiger charge is 2.28. The molecule has 2 fully saturated rings. The predicted molar refractivity (Wildman–Crippen MR) is 152 cm³/mol. The van der Waals surface area contributed by atoms with E-state index in [-0.39, 0.29) is 0 Å². The molecule has 3 rings (SSSR count). The summed E-state index contributed by atoms with van der Waals surface area (Å²) in [5.74, 6) is 4.79. The summed E-state index contributed by atoms with van der Waals surface area (Å²) in [6.07, 6.45) is 41.7. The lowest BCUT2D eigenvalue weighted by molar-refractivity contribution is 0.217. The minimum Gasteiger partial charge on any atom is -0.0806 e. The quantitative estimate of drug-likeness (QED) is 0.197. The van der Waals surface area contributed by atoms with Crippen molar-refractivity contribution in [1.29, 1.82) is 0 Å². The van der Waals surface area contributed by atoms with Crippen LogP contribution in [0, 0.1) is 29.6 Å². The second-order valence-electron chi connectivity index (χ2n) is 12.6. The van der Waals surface area contributed by atoms with Crippen LogP contribution in [0.3, 0.4) is 0 Å². The maximum atomic E-state index is 2.67. The van der Waals surface area contributed by atoms with Crippen molar-refractivity contribution < 1.29 is 0 Å². The van der Waals surface area contributed by atoms with Crippen molar-refractivity contribution >= 4 is 0 Å². The first-order valence-electron chi connectivity index (χ1n) is 16.2. The predicted octanol–water partition coefficient (Wildman–Crippen LogP) is 11.6. The molecule has 3 aliphatic rings. The second kappa shape index (κ2) is 17.0. The Kier molecular flexibility index (Phi) is 14.1. The molecular formula is C34H60. The molecule has 196 valence electrons. The van der Waals surface area contributed by atoms with Gasteiger partial charge in [-0.25, -0.2) is 0 Å². The molecule has 0 heterocycles. The van der Waals surface area contributed by atoms with E-state index in [2.05, 4.69) is 32.1 Å². The Bertz CT molecular complexity index is 553. The minimum absolute atomic E-state index is 0.850. The highest BCUT2D eigenvalue weighted by Crippen LogP contribution is 2.42. The van der Waals surface area contributed by atoms with Gasteiger partial charge in [0.05, 0.1) is 0 Å². The number of unbranched alkanes of at least 4 members (excludes halogenated alkanes) is 10. The molecule has 0 bridgehead atoms. The third-order valence-corrected chi connectivity index (χ3v) is 9.91. The van der Waals surface area contributed by atoms with Crippen LogP contribution in [0.1, 0.15) is 162 Å². The van der Waals surface area contributed by atoms with E-state index >= 15 is 0 Å². The fourth-order valence-electron chi connectivity index (χ4n) is 7.42. The topological polar surface area (TPSA) is 0 Å².